The highest BCUT2D eigenvalue weighted by atomic mass is 19.4. The fraction of sp³-hybridized carbons (Fsp3) is 0.500. The van der Waals surface area contributed by atoms with Gasteiger partial charge in [-0.25, -0.2) is 4.39 Å². The Kier molecular flexibility index (Phi) is 7.36. The van der Waals surface area contributed by atoms with Gasteiger partial charge in [0.25, 0.3) is 11.8 Å². The molecule has 2 saturated heterocycles. The molecule has 2 aliphatic rings. The minimum absolute atomic E-state index is 0.00520. The summed E-state index contributed by atoms with van der Waals surface area (Å²) in [7, 11) is 2.58. The maximum atomic E-state index is 14.5. The van der Waals surface area contributed by atoms with Gasteiger partial charge in [0.1, 0.15) is 17.4 Å². The molecule has 1 aromatic heterocycles. The third-order valence-corrected chi connectivity index (χ3v) is 7.65. The second-order valence-electron chi connectivity index (χ2n) is 10.2. The minimum atomic E-state index is -4.89. The molecule has 1 N–H and O–H groups in total. The first kappa shape index (κ1) is 28.7. The largest absolute Gasteiger partial charge is 0.493 e. The number of likely N-dealkylation sites (tertiary alicyclic amines) is 1. The molecule has 0 spiro atoms. The molecule has 3 heterocycles. The van der Waals surface area contributed by atoms with Gasteiger partial charge in [-0.1, -0.05) is 13.0 Å². The molecule has 1 aromatic carbocycles. The highest BCUT2D eigenvalue weighted by Crippen LogP contribution is 2.55. The van der Waals surface area contributed by atoms with E-state index < -0.39 is 64.5 Å². The second kappa shape index (κ2) is 10.0. The van der Waals surface area contributed by atoms with Crippen LogP contribution in [0.1, 0.15) is 42.7 Å². The molecular weight excluding hydrogens is 529 g/mol. The lowest BCUT2D eigenvalue weighted by Gasteiger charge is -2.46. The van der Waals surface area contributed by atoms with E-state index in [1.807, 2.05) is 6.92 Å². The third-order valence-electron chi connectivity index (χ3n) is 7.65. The molecule has 0 aliphatic carbocycles. The van der Waals surface area contributed by atoms with Gasteiger partial charge in [-0.3, -0.25) is 14.6 Å². The molecule has 0 bridgehead atoms. The highest BCUT2D eigenvalue weighted by Gasteiger charge is 2.66. The van der Waals surface area contributed by atoms with E-state index in [-0.39, 0.29) is 16.9 Å². The van der Waals surface area contributed by atoms with Crippen LogP contribution in [-0.4, -0.2) is 72.5 Å². The summed E-state index contributed by atoms with van der Waals surface area (Å²) in [5, 5.41) is 2.48. The molecule has 2 aliphatic heterocycles. The van der Waals surface area contributed by atoms with Crippen molar-refractivity contribution in [1.29, 1.82) is 0 Å². The van der Waals surface area contributed by atoms with Gasteiger partial charge in [-0.05, 0) is 32.0 Å². The Morgan fingerprint density at radius 1 is 1.15 bits per heavy atom. The number of pyridine rings is 1. The summed E-state index contributed by atoms with van der Waals surface area (Å²) in [6.45, 7) is 4.53. The predicted octanol–water partition coefficient (Wildman–Crippen LogP) is 4.31. The number of aromatic nitrogens is 1. The summed E-state index contributed by atoms with van der Waals surface area (Å²) in [6, 6.07) is 4.48. The fourth-order valence-corrected chi connectivity index (χ4v) is 5.07. The summed E-state index contributed by atoms with van der Waals surface area (Å²) in [4.78, 5) is 31.7. The number of methoxy groups -OCH3 is 2. The van der Waals surface area contributed by atoms with Gasteiger partial charge >= 0.3 is 6.18 Å². The van der Waals surface area contributed by atoms with Crippen molar-refractivity contribution in [3.63, 3.8) is 0 Å². The maximum Gasteiger partial charge on any atom is 0.417 e. The van der Waals surface area contributed by atoms with E-state index in [1.54, 1.807) is 0 Å². The molecule has 2 amide bonds. The second-order valence-corrected chi connectivity index (χ2v) is 10.2. The lowest BCUT2D eigenvalue weighted by atomic mass is 9.77. The lowest BCUT2D eigenvalue weighted by Crippen LogP contribution is -2.62. The summed E-state index contributed by atoms with van der Waals surface area (Å²) in [6.07, 6.45) is -5.39. The zero-order valence-corrected chi connectivity index (χ0v) is 21.9. The summed E-state index contributed by atoms with van der Waals surface area (Å²) < 4.78 is 86.5. The van der Waals surface area contributed by atoms with E-state index in [0.29, 0.717) is 13.1 Å². The van der Waals surface area contributed by atoms with E-state index in [0.717, 1.165) is 26.2 Å². The number of nitrogens with zero attached hydrogens (tertiary/aromatic N) is 2. The quantitative estimate of drug-likeness (QED) is 0.533. The van der Waals surface area contributed by atoms with Crippen molar-refractivity contribution in [2.45, 2.75) is 50.2 Å². The average molecular weight is 558 g/mol. The molecule has 2 aromatic rings. The van der Waals surface area contributed by atoms with Crippen molar-refractivity contribution < 1.29 is 45.8 Å². The number of hydrogen-bond acceptors (Lipinski definition) is 6. The molecule has 0 unspecified atom stereocenters. The first-order valence-electron chi connectivity index (χ1n) is 12.0. The Balaban J connectivity index is 1.64. The van der Waals surface area contributed by atoms with Crippen LogP contribution in [0.25, 0.3) is 0 Å². The van der Waals surface area contributed by atoms with Crippen LogP contribution in [0.3, 0.4) is 0 Å². The van der Waals surface area contributed by atoms with Crippen LogP contribution in [0.2, 0.25) is 0 Å². The number of halogens is 5. The fourth-order valence-electron chi connectivity index (χ4n) is 5.07. The SMILES string of the molecule is COc1c([C@H]2[C@H](C(=O)Nc3ccnc(C(=O)N4CC(C)(OC)C4)c3)O[C@@](C)(C(F)(F)F)[C@H]2C)ccc(F)c1F. The van der Waals surface area contributed by atoms with Crippen LogP contribution in [-0.2, 0) is 14.3 Å². The number of carbonyl (C=O) groups is 2. The monoisotopic (exact) mass is 557 g/mol. The average Bonchev–Trinajstić information content (AvgIpc) is 3.15. The van der Waals surface area contributed by atoms with E-state index in [1.165, 1.54) is 37.3 Å². The first-order chi connectivity index (χ1) is 18.2. The molecule has 4 rings (SSSR count). The van der Waals surface area contributed by atoms with Gasteiger partial charge in [0.15, 0.2) is 17.2 Å². The molecule has 39 heavy (non-hydrogen) atoms. The highest BCUT2D eigenvalue weighted by molar-refractivity contribution is 5.98. The zero-order valence-electron chi connectivity index (χ0n) is 21.9. The molecule has 4 atom stereocenters. The smallest absolute Gasteiger partial charge is 0.417 e. The van der Waals surface area contributed by atoms with E-state index in [9.17, 15) is 31.5 Å². The number of amides is 2. The van der Waals surface area contributed by atoms with Crippen molar-refractivity contribution in [1.82, 2.24) is 9.88 Å². The minimum Gasteiger partial charge on any atom is -0.493 e. The van der Waals surface area contributed by atoms with Gasteiger partial charge in [-0.15, -0.1) is 0 Å². The van der Waals surface area contributed by atoms with Gasteiger partial charge in [0, 0.05) is 36.4 Å². The van der Waals surface area contributed by atoms with Crippen molar-refractivity contribution in [3.05, 3.63) is 53.4 Å². The van der Waals surface area contributed by atoms with Crippen LogP contribution < -0.4 is 10.1 Å². The first-order valence-corrected chi connectivity index (χ1v) is 12.0. The normalized spacial score (nSPS) is 26.2. The Labute approximate surface area is 221 Å². The number of anilines is 1. The number of benzene rings is 1. The van der Waals surface area contributed by atoms with Gasteiger partial charge in [0.05, 0.1) is 20.2 Å². The number of ether oxygens (including phenoxy) is 3. The Hall–Kier alpha value is -3.32. The van der Waals surface area contributed by atoms with Crippen molar-refractivity contribution in [2.24, 2.45) is 5.92 Å². The van der Waals surface area contributed by atoms with Crippen molar-refractivity contribution >= 4 is 17.5 Å². The van der Waals surface area contributed by atoms with Crippen LogP contribution in [0, 0.1) is 17.6 Å². The van der Waals surface area contributed by atoms with E-state index in [2.05, 4.69) is 10.3 Å². The van der Waals surface area contributed by atoms with Gasteiger partial charge in [0.2, 0.25) is 5.82 Å². The number of nitrogens with one attached hydrogen (secondary N) is 1. The third kappa shape index (κ3) is 4.93. The summed E-state index contributed by atoms with van der Waals surface area (Å²) in [5.74, 6) is -7.43. The van der Waals surface area contributed by atoms with Crippen molar-refractivity contribution in [2.75, 3.05) is 32.6 Å². The standard InChI is InChI=1S/C26H28F5N3O5/c1-13-18(15-6-7-16(27)19(28)20(15)37-4)21(39-25(13,3)26(29,30)31)22(35)33-14-8-9-32-17(10-14)23(36)34-11-24(2,12-34)38-5/h6-10,13,18,21H,11-12H2,1-5H3,(H,32,33,35)/t13-,18-,21+,25+/m0/s1. The van der Waals surface area contributed by atoms with Crippen molar-refractivity contribution in [3.8, 4) is 5.75 Å². The number of alkyl halides is 3. The van der Waals surface area contributed by atoms with Gasteiger partial charge in [-0.2, -0.15) is 17.6 Å². The topological polar surface area (TPSA) is 90.0 Å². The summed E-state index contributed by atoms with van der Waals surface area (Å²) in [5.41, 5.74) is -3.33. The Morgan fingerprint density at radius 2 is 1.82 bits per heavy atom. The number of rotatable bonds is 6. The molecular formula is C26H28F5N3O5. The van der Waals surface area contributed by atoms with E-state index in [4.69, 9.17) is 14.2 Å². The molecule has 13 heteroatoms. The zero-order chi connectivity index (χ0) is 28.9. The van der Waals surface area contributed by atoms with E-state index >= 15 is 0 Å². The van der Waals surface area contributed by atoms with Crippen LogP contribution >= 0.6 is 0 Å². The van der Waals surface area contributed by atoms with Crippen LogP contribution in [0.5, 0.6) is 5.75 Å². The molecule has 0 saturated carbocycles. The molecule has 0 radical (unpaired) electrons. The Bertz CT molecular complexity index is 1280. The van der Waals surface area contributed by atoms with Crippen LogP contribution in [0.15, 0.2) is 30.5 Å². The predicted molar refractivity (Wildman–Crippen MR) is 128 cm³/mol. The number of carbonyl (C=O) groups excluding carboxylic acids is 2. The maximum absolute atomic E-state index is 14.5. The van der Waals surface area contributed by atoms with Gasteiger partial charge < -0.3 is 24.4 Å². The van der Waals surface area contributed by atoms with Crippen LogP contribution in [0.4, 0.5) is 27.6 Å². The molecule has 212 valence electrons. The Morgan fingerprint density at radius 3 is 2.41 bits per heavy atom. The molecule has 2 fully saturated rings. The summed E-state index contributed by atoms with van der Waals surface area (Å²) >= 11 is 0. The molecule has 8 nitrogen and oxygen atoms in total. The number of hydrogen-bond donors (Lipinski definition) is 1. The lowest BCUT2D eigenvalue weighted by molar-refractivity contribution is -0.272.